The molecule has 0 bridgehead atoms. The van der Waals surface area contributed by atoms with Crippen molar-refractivity contribution in [1.82, 2.24) is 9.38 Å². The van der Waals surface area contributed by atoms with Gasteiger partial charge in [-0.1, -0.05) is 0 Å². The Morgan fingerprint density at radius 3 is 2.65 bits per heavy atom. The van der Waals surface area contributed by atoms with Crippen LogP contribution < -0.4 is 0 Å². The van der Waals surface area contributed by atoms with Crippen LogP contribution in [0.1, 0.15) is 18.2 Å². The van der Waals surface area contributed by atoms with Crippen molar-refractivity contribution in [3.05, 3.63) is 58.9 Å². The van der Waals surface area contributed by atoms with Crippen LogP contribution in [0, 0.1) is 11.6 Å². The first-order chi connectivity index (χ1) is 9.44. The smallest absolute Gasteiger partial charge is 0.193 e. The van der Waals surface area contributed by atoms with E-state index in [0.717, 1.165) is 23.2 Å². The van der Waals surface area contributed by atoms with E-state index in [1.165, 1.54) is 18.3 Å². The normalized spacial score (nSPS) is 14.6. The van der Waals surface area contributed by atoms with Crippen molar-refractivity contribution < 1.29 is 13.9 Å². The highest BCUT2D eigenvalue weighted by molar-refractivity contribution is 7.15. The summed E-state index contributed by atoms with van der Waals surface area (Å²) in [6.45, 7) is 1.52. The lowest BCUT2D eigenvalue weighted by molar-refractivity contribution is 0.0560. The molecule has 0 saturated heterocycles. The van der Waals surface area contributed by atoms with E-state index in [2.05, 4.69) is 4.98 Å². The fourth-order valence-electron chi connectivity index (χ4n) is 2.18. The number of nitrogens with zero attached hydrogens (tertiary/aromatic N) is 2. The van der Waals surface area contributed by atoms with Gasteiger partial charge in [0.25, 0.3) is 0 Å². The van der Waals surface area contributed by atoms with E-state index >= 15 is 0 Å². The van der Waals surface area contributed by atoms with Gasteiger partial charge < -0.3 is 5.11 Å². The number of hydrogen-bond acceptors (Lipinski definition) is 3. The lowest BCUT2D eigenvalue weighted by Gasteiger charge is -2.23. The van der Waals surface area contributed by atoms with Crippen LogP contribution in [0.4, 0.5) is 8.78 Å². The fourth-order valence-corrected chi connectivity index (χ4v) is 2.90. The molecule has 0 spiro atoms. The minimum absolute atomic E-state index is 0.185. The summed E-state index contributed by atoms with van der Waals surface area (Å²) < 4.78 is 28.3. The van der Waals surface area contributed by atoms with Gasteiger partial charge >= 0.3 is 0 Å². The van der Waals surface area contributed by atoms with Gasteiger partial charge in [0.1, 0.15) is 11.6 Å². The highest BCUT2D eigenvalue weighted by Crippen LogP contribution is 2.27. The van der Waals surface area contributed by atoms with Crippen molar-refractivity contribution in [2.45, 2.75) is 18.9 Å². The van der Waals surface area contributed by atoms with Crippen LogP contribution in [0.2, 0.25) is 0 Å². The molecule has 0 fully saturated rings. The highest BCUT2D eigenvalue weighted by atomic mass is 32.1. The van der Waals surface area contributed by atoms with E-state index in [1.807, 2.05) is 16.0 Å². The van der Waals surface area contributed by atoms with Crippen LogP contribution in [-0.4, -0.2) is 14.5 Å². The summed E-state index contributed by atoms with van der Waals surface area (Å²) in [5.41, 5.74) is -0.509. The first-order valence-electron chi connectivity index (χ1n) is 6.04. The van der Waals surface area contributed by atoms with Crippen LogP contribution in [0.5, 0.6) is 0 Å². The van der Waals surface area contributed by atoms with Crippen molar-refractivity contribution in [3.63, 3.8) is 0 Å². The summed E-state index contributed by atoms with van der Waals surface area (Å²) in [6.07, 6.45) is 3.85. The molecule has 1 N–H and O–H groups in total. The Kier molecular flexibility index (Phi) is 3.07. The summed E-state index contributed by atoms with van der Waals surface area (Å²) in [4.78, 5) is 5.18. The van der Waals surface area contributed by atoms with Gasteiger partial charge in [0, 0.05) is 30.3 Å². The maximum atomic E-state index is 13.2. The third-order valence-electron chi connectivity index (χ3n) is 3.15. The van der Waals surface area contributed by atoms with Crippen LogP contribution >= 0.6 is 11.3 Å². The van der Waals surface area contributed by atoms with Crippen molar-refractivity contribution in [3.8, 4) is 0 Å². The van der Waals surface area contributed by atoms with Crippen molar-refractivity contribution in [1.29, 1.82) is 0 Å². The molecular formula is C14H12F2N2OS. The maximum Gasteiger partial charge on any atom is 0.193 e. The van der Waals surface area contributed by atoms with Crippen LogP contribution in [0.3, 0.4) is 0 Å². The zero-order valence-electron chi connectivity index (χ0n) is 10.7. The molecule has 2 aromatic heterocycles. The van der Waals surface area contributed by atoms with Crippen molar-refractivity contribution >= 4 is 16.3 Å². The first kappa shape index (κ1) is 13.2. The molecule has 20 heavy (non-hydrogen) atoms. The highest BCUT2D eigenvalue weighted by Gasteiger charge is 2.26. The lowest BCUT2D eigenvalue weighted by Crippen LogP contribution is -2.25. The molecule has 0 saturated carbocycles. The Morgan fingerprint density at radius 1 is 1.30 bits per heavy atom. The Morgan fingerprint density at radius 2 is 2.00 bits per heavy atom. The minimum Gasteiger partial charge on any atom is -0.385 e. The third kappa shape index (κ3) is 2.44. The number of thiazole rings is 1. The number of aromatic nitrogens is 2. The Hall–Kier alpha value is -1.79. The number of fused-ring (bicyclic) bond motifs is 1. The Bertz CT molecular complexity index is 715. The molecule has 1 unspecified atom stereocenters. The molecule has 2 heterocycles. The number of imidazole rings is 1. The van der Waals surface area contributed by atoms with Crippen molar-refractivity contribution in [2.75, 3.05) is 0 Å². The molecule has 0 aliphatic carbocycles. The number of hydrogen-bond donors (Lipinski definition) is 1. The monoisotopic (exact) mass is 294 g/mol. The molecule has 1 atom stereocenters. The van der Waals surface area contributed by atoms with Crippen LogP contribution in [0.25, 0.3) is 4.96 Å². The molecule has 1 aromatic carbocycles. The molecule has 0 aliphatic heterocycles. The summed E-state index contributed by atoms with van der Waals surface area (Å²) in [5, 5.41) is 12.4. The molecule has 3 nitrogen and oxygen atoms in total. The summed E-state index contributed by atoms with van der Waals surface area (Å²) in [6, 6.07) is 3.06. The van der Waals surface area contributed by atoms with Crippen LogP contribution in [-0.2, 0) is 12.0 Å². The zero-order valence-corrected chi connectivity index (χ0v) is 11.5. The summed E-state index contributed by atoms with van der Waals surface area (Å²) >= 11 is 1.49. The maximum absolute atomic E-state index is 13.2. The average molecular weight is 294 g/mol. The fraction of sp³-hybridized carbons (Fsp3) is 0.214. The van der Waals surface area contributed by atoms with E-state index in [-0.39, 0.29) is 12.0 Å². The first-order valence-corrected chi connectivity index (χ1v) is 6.92. The second kappa shape index (κ2) is 4.64. The Balaban J connectivity index is 1.92. The van der Waals surface area contributed by atoms with Gasteiger partial charge in [0.2, 0.25) is 0 Å². The molecule has 104 valence electrons. The van der Waals surface area contributed by atoms with E-state index < -0.39 is 17.2 Å². The standard InChI is InChI=1S/C14H12F2N2OS/c1-14(19,9-4-10(15)6-11(16)5-9)7-12-8-18-2-3-20-13(18)17-12/h2-6,8,19H,7H2,1H3. The van der Waals surface area contributed by atoms with Crippen molar-refractivity contribution in [2.24, 2.45) is 0 Å². The molecule has 0 aliphatic rings. The largest absolute Gasteiger partial charge is 0.385 e. The molecule has 0 amide bonds. The van der Waals surface area contributed by atoms with Gasteiger partial charge in [-0.3, -0.25) is 4.40 Å². The second-order valence-corrected chi connectivity index (χ2v) is 5.81. The SMILES string of the molecule is CC(O)(Cc1cn2ccsc2n1)c1cc(F)cc(F)c1. The van der Waals surface area contributed by atoms with E-state index in [9.17, 15) is 13.9 Å². The third-order valence-corrected chi connectivity index (χ3v) is 3.92. The van der Waals surface area contributed by atoms with Gasteiger partial charge in [0.05, 0.1) is 11.3 Å². The number of halogens is 2. The minimum atomic E-state index is -1.38. The van der Waals surface area contributed by atoms with Gasteiger partial charge in [0.15, 0.2) is 4.96 Å². The quantitative estimate of drug-likeness (QED) is 0.806. The Labute approximate surface area is 118 Å². The second-order valence-electron chi connectivity index (χ2n) is 4.93. The average Bonchev–Trinajstić information content (AvgIpc) is 2.87. The van der Waals surface area contributed by atoms with E-state index in [4.69, 9.17) is 0 Å². The van der Waals surface area contributed by atoms with Gasteiger partial charge in [-0.2, -0.15) is 0 Å². The lowest BCUT2D eigenvalue weighted by atomic mass is 9.91. The van der Waals surface area contributed by atoms with E-state index in [1.54, 1.807) is 6.20 Å². The molecular weight excluding hydrogens is 282 g/mol. The summed E-state index contributed by atoms with van der Waals surface area (Å²) in [5.74, 6) is -1.41. The number of aliphatic hydroxyl groups is 1. The van der Waals surface area contributed by atoms with Gasteiger partial charge in [-0.15, -0.1) is 11.3 Å². The predicted molar refractivity (Wildman–Crippen MR) is 72.7 cm³/mol. The van der Waals surface area contributed by atoms with Gasteiger partial charge in [-0.25, -0.2) is 13.8 Å². The summed E-state index contributed by atoms with van der Waals surface area (Å²) in [7, 11) is 0. The zero-order chi connectivity index (χ0) is 14.3. The number of benzene rings is 1. The molecule has 3 rings (SSSR count). The van der Waals surface area contributed by atoms with Crippen LogP contribution in [0.15, 0.2) is 36.0 Å². The molecule has 6 heteroatoms. The van der Waals surface area contributed by atoms with E-state index in [0.29, 0.717) is 5.69 Å². The topological polar surface area (TPSA) is 37.5 Å². The predicted octanol–water partition coefficient (Wildman–Crippen LogP) is 3.12. The number of rotatable bonds is 3. The molecule has 0 radical (unpaired) electrons. The van der Waals surface area contributed by atoms with Gasteiger partial charge in [-0.05, 0) is 24.6 Å². The molecule has 3 aromatic rings.